The molecular weight excluding hydrogens is 456 g/mol. The Morgan fingerprint density at radius 1 is 1.18 bits per heavy atom. The quantitative estimate of drug-likeness (QED) is 0.291. The van der Waals surface area contributed by atoms with Crippen LogP contribution in [0.3, 0.4) is 0 Å². The number of fused-ring (bicyclic) bond motifs is 1. The Hall–Kier alpha value is -4.58. The van der Waals surface area contributed by atoms with E-state index in [1.165, 1.54) is 18.5 Å². The lowest BCUT2D eigenvalue weighted by Crippen LogP contribution is -2.12. The molecule has 3 heterocycles. The fourth-order valence-corrected chi connectivity index (χ4v) is 4.10. The van der Waals surface area contributed by atoms with Crippen LogP contribution >= 0.6 is 11.8 Å². The van der Waals surface area contributed by atoms with Crippen LogP contribution in [-0.2, 0) is 7.05 Å². The van der Waals surface area contributed by atoms with E-state index >= 15 is 0 Å². The van der Waals surface area contributed by atoms with Crippen molar-refractivity contribution in [1.82, 2.24) is 29.1 Å². The summed E-state index contributed by atoms with van der Waals surface area (Å²) in [5.41, 5.74) is 2.16. The lowest BCUT2D eigenvalue weighted by Gasteiger charge is -2.08. The van der Waals surface area contributed by atoms with Crippen LogP contribution in [0.25, 0.3) is 17.0 Å². The van der Waals surface area contributed by atoms with Gasteiger partial charge in [0.2, 0.25) is 5.78 Å². The monoisotopic (exact) mass is 472 g/mol. The number of rotatable bonds is 6. The second-order valence-electron chi connectivity index (χ2n) is 7.25. The minimum Gasteiger partial charge on any atom is -0.322 e. The fourth-order valence-electron chi connectivity index (χ4n) is 3.25. The molecule has 5 rings (SSSR count). The zero-order chi connectivity index (χ0) is 23.7. The third-order valence-electron chi connectivity index (χ3n) is 4.96. The summed E-state index contributed by atoms with van der Waals surface area (Å²) in [5.74, 6) is 0.139. The number of hydrogen-bond donors (Lipinski definition) is 1. The van der Waals surface area contributed by atoms with E-state index in [0.29, 0.717) is 21.5 Å². The summed E-state index contributed by atoms with van der Waals surface area (Å²) in [6.07, 6.45) is 6.92. The lowest BCUT2D eigenvalue weighted by atomic mass is 10.1. The summed E-state index contributed by atoms with van der Waals surface area (Å²) >= 11 is 1.11. The molecule has 5 aromatic rings. The molecular formula is C22H16N8O3S. The van der Waals surface area contributed by atoms with Crippen molar-refractivity contribution < 1.29 is 9.72 Å². The van der Waals surface area contributed by atoms with E-state index in [2.05, 4.69) is 25.5 Å². The summed E-state index contributed by atoms with van der Waals surface area (Å²) in [4.78, 5) is 32.9. The van der Waals surface area contributed by atoms with Crippen LogP contribution in [0.1, 0.15) is 10.4 Å². The van der Waals surface area contributed by atoms with Gasteiger partial charge in [-0.15, -0.1) is 10.2 Å². The second kappa shape index (κ2) is 8.75. The van der Waals surface area contributed by atoms with E-state index in [4.69, 9.17) is 0 Å². The molecule has 0 bridgehead atoms. The van der Waals surface area contributed by atoms with Gasteiger partial charge in [-0.3, -0.25) is 19.3 Å². The smallest absolute Gasteiger partial charge is 0.284 e. The predicted molar refractivity (Wildman–Crippen MR) is 125 cm³/mol. The van der Waals surface area contributed by atoms with Crippen molar-refractivity contribution in [1.29, 1.82) is 0 Å². The number of anilines is 1. The Morgan fingerprint density at radius 3 is 2.71 bits per heavy atom. The largest absolute Gasteiger partial charge is 0.322 e. The van der Waals surface area contributed by atoms with E-state index in [9.17, 15) is 14.9 Å². The van der Waals surface area contributed by atoms with Gasteiger partial charge < -0.3 is 9.88 Å². The molecule has 0 saturated carbocycles. The minimum absolute atomic E-state index is 0.171. The molecule has 0 atom stereocenters. The number of nitrogens with one attached hydrogen (secondary N) is 1. The van der Waals surface area contributed by atoms with Gasteiger partial charge in [0.1, 0.15) is 6.33 Å². The number of imidazole rings is 1. The van der Waals surface area contributed by atoms with Gasteiger partial charge in [0, 0.05) is 48.5 Å². The molecule has 3 aromatic heterocycles. The van der Waals surface area contributed by atoms with E-state index in [1.807, 2.05) is 35.0 Å². The maximum absolute atomic E-state index is 12.8. The first-order valence-corrected chi connectivity index (χ1v) is 10.8. The van der Waals surface area contributed by atoms with Crippen molar-refractivity contribution in [2.45, 2.75) is 10.1 Å². The molecule has 2 aromatic carbocycles. The number of nitrogens with zero attached hydrogens (tertiary/aromatic N) is 7. The molecule has 0 aliphatic heterocycles. The maximum atomic E-state index is 12.8. The highest BCUT2D eigenvalue weighted by Crippen LogP contribution is 2.34. The van der Waals surface area contributed by atoms with Gasteiger partial charge >= 0.3 is 0 Å². The van der Waals surface area contributed by atoms with E-state index in [1.54, 1.807) is 36.0 Å². The van der Waals surface area contributed by atoms with Gasteiger partial charge in [-0.2, -0.15) is 0 Å². The van der Waals surface area contributed by atoms with Gasteiger partial charge in [-0.05, 0) is 42.1 Å². The standard InChI is InChI=1S/C22H16N8O3S/c1-28-13-24-27-22(28)34-19-8-5-15(11-18(19)30(32)33)20(31)25-16-6-3-14(4-7-16)17-12-29-10-2-9-23-21(29)26-17/h2-13H,1H3,(H,25,31). The Labute approximate surface area is 196 Å². The summed E-state index contributed by atoms with van der Waals surface area (Å²) in [5, 5.41) is 22.6. The molecule has 1 N–H and O–H groups in total. The van der Waals surface area contributed by atoms with E-state index in [-0.39, 0.29) is 11.3 Å². The highest BCUT2D eigenvalue weighted by Gasteiger charge is 2.20. The number of nitro groups is 1. The SMILES string of the molecule is Cn1cnnc1Sc1ccc(C(=O)Nc2ccc(-c3cn4cccnc4n3)cc2)cc1[N+](=O)[O-]. The molecule has 0 radical (unpaired) electrons. The number of hydrogen-bond acceptors (Lipinski definition) is 8. The minimum atomic E-state index is -0.520. The molecule has 168 valence electrons. The van der Waals surface area contributed by atoms with Crippen LogP contribution in [-0.4, -0.2) is 40.0 Å². The number of carbonyl (C=O) groups is 1. The van der Waals surface area contributed by atoms with Gasteiger partial charge in [0.25, 0.3) is 11.6 Å². The van der Waals surface area contributed by atoms with Crippen molar-refractivity contribution in [3.05, 3.63) is 89.1 Å². The third kappa shape index (κ3) is 4.21. The summed E-state index contributed by atoms with van der Waals surface area (Å²) < 4.78 is 3.48. The summed E-state index contributed by atoms with van der Waals surface area (Å²) in [7, 11) is 1.74. The Morgan fingerprint density at radius 2 is 2.00 bits per heavy atom. The number of benzene rings is 2. The average Bonchev–Trinajstić information content (AvgIpc) is 3.45. The molecule has 0 unspecified atom stereocenters. The van der Waals surface area contributed by atoms with Crippen molar-refractivity contribution in [3.63, 3.8) is 0 Å². The van der Waals surface area contributed by atoms with E-state index in [0.717, 1.165) is 23.0 Å². The number of amides is 1. The van der Waals surface area contributed by atoms with Gasteiger partial charge in [0.05, 0.1) is 15.5 Å². The molecule has 0 aliphatic rings. The third-order valence-corrected chi connectivity index (χ3v) is 6.08. The second-order valence-corrected chi connectivity index (χ2v) is 8.26. The first kappa shape index (κ1) is 21.3. The van der Waals surface area contributed by atoms with Crippen molar-refractivity contribution in [2.75, 3.05) is 5.32 Å². The van der Waals surface area contributed by atoms with Crippen LogP contribution in [0.15, 0.2) is 83.5 Å². The average molecular weight is 472 g/mol. The molecule has 11 nitrogen and oxygen atoms in total. The normalized spacial score (nSPS) is 11.0. The number of carbonyl (C=O) groups excluding carboxylic acids is 1. The Bertz CT molecular complexity index is 1490. The van der Waals surface area contributed by atoms with Gasteiger partial charge in [-0.25, -0.2) is 9.97 Å². The van der Waals surface area contributed by atoms with Crippen LogP contribution in [0, 0.1) is 10.1 Å². The fraction of sp³-hybridized carbons (Fsp3) is 0.0455. The molecule has 0 saturated heterocycles. The van der Waals surface area contributed by atoms with Crippen LogP contribution in [0.2, 0.25) is 0 Å². The highest BCUT2D eigenvalue weighted by molar-refractivity contribution is 7.99. The van der Waals surface area contributed by atoms with Crippen LogP contribution in [0.5, 0.6) is 0 Å². The van der Waals surface area contributed by atoms with Crippen molar-refractivity contribution in [2.24, 2.45) is 7.05 Å². The Balaban J connectivity index is 1.34. The van der Waals surface area contributed by atoms with Gasteiger partial charge in [0.15, 0.2) is 5.16 Å². The Kier molecular flexibility index (Phi) is 5.47. The first-order chi connectivity index (χ1) is 16.5. The zero-order valence-electron chi connectivity index (χ0n) is 17.7. The molecule has 12 heteroatoms. The van der Waals surface area contributed by atoms with E-state index < -0.39 is 10.8 Å². The summed E-state index contributed by atoms with van der Waals surface area (Å²) in [6.45, 7) is 0. The van der Waals surface area contributed by atoms with Crippen LogP contribution < -0.4 is 5.32 Å². The maximum Gasteiger partial charge on any atom is 0.284 e. The molecule has 0 aliphatic carbocycles. The van der Waals surface area contributed by atoms with Gasteiger partial charge in [-0.1, -0.05) is 12.1 Å². The molecule has 34 heavy (non-hydrogen) atoms. The molecule has 1 amide bonds. The lowest BCUT2D eigenvalue weighted by molar-refractivity contribution is -0.387. The topological polar surface area (TPSA) is 133 Å². The molecule has 0 fully saturated rings. The van der Waals surface area contributed by atoms with Crippen molar-refractivity contribution in [3.8, 4) is 11.3 Å². The van der Waals surface area contributed by atoms with Crippen molar-refractivity contribution >= 4 is 34.8 Å². The zero-order valence-corrected chi connectivity index (χ0v) is 18.5. The first-order valence-electron chi connectivity index (χ1n) is 10.00. The number of aryl methyl sites for hydroxylation is 1. The highest BCUT2D eigenvalue weighted by atomic mass is 32.2. The predicted octanol–water partition coefficient (Wildman–Crippen LogP) is 3.84. The summed E-state index contributed by atoms with van der Waals surface area (Å²) in [6, 6.07) is 13.3. The van der Waals surface area contributed by atoms with Crippen LogP contribution in [0.4, 0.5) is 11.4 Å². The number of aromatic nitrogens is 6. The molecule has 0 spiro atoms. The number of nitro benzene ring substituents is 1.